The van der Waals surface area contributed by atoms with Crippen molar-refractivity contribution in [1.82, 2.24) is 10.5 Å². The molecule has 1 N–H and O–H groups in total. The van der Waals surface area contributed by atoms with Crippen molar-refractivity contribution in [3.8, 4) is 5.75 Å². The molecule has 0 fully saturated rings. The van der Waals surface area contributed by atoms with Gasteiger partial charge in [0.1, 0.15) is 12.4 Å². The maximum Gasteiger partial charge on any atom is 0.174 e. The van der Waals surface area contributed by atoms with Crippen LogP contribution in [0.5, 0.6) is 5.75 Å². The van der Waals surface area contributed by atoms with Gasteiger partial charge in [-0.3, -0.25) is 0 Å². The molecule has 1 heterocycles. The molecule has 1 unspecified atom stereocenters. The zero-order chi connectivity index (χ0) is 14.5. The second-order valence-electron chi connectivity index (χ2n) is 5.04. The molecule has 2 aromatic rings. The van der Waals surface area contributed by atoms with E-state index in [-0.39, 0.29) is 6.04 Å². The molecule has 1 atom stereocenters. The quantitative estimate of drug-likeness (QED) is 0.875. The predicted molar refractivity (Wildman–Crippen MR) is 78.8 cm³/mol. The molecule has 108 valence electrons. The fraction of sp³-hybridized carbons (Fsp3) is 0.438. The van der Waals surface area contributed by atoms with E-state index < -0.39 is 0 Å². The molecule has 0 saturated carbocycles. The molecule has 4 nitrogen and oxygen atoms in total. The van der Waals surface area contributed by atoms with E-state index in [4.69, 9.17) is 9.26 Å². The smallest absolute Gasteiger partial charge is 0.174 e. The highest BCUT2D eigenvalue weighted by Gasteiger charge is 2.12. The van der Waals surface area contributed by atoms with Gasteiger partial charge in [0.05, 0.1) is 5.69 Å². The molecule has 0 radical (unpaired) electrons. The van der Waals surface area contributed by atoms with Crippen LogP contribution in [0.3, 0.4) is 0 Å². The minimum Gasteiger partial charge on any atom is -0.485 e. The largest absolute Gasteiger partial charge is 0.485 e. The average molecular weight is 274 g/mol. The third-order valence-corrected chi connectivity index (χ3v) is 3.19. The third-order valence-electron chi connectivity index (χ3n) is 3.19. The van der Waals surface area contributed by atoms with Gasteiger partial charge in [0.2, 0.25) is 0 Å². The number of hydrogen-bond donors (Lipinski definition) is 1. The van der Waals surface area contributed by atoms with Gasteiger partial charge in [0, 0.05) is 17.7 Å². The Hall–Kier alpha value is -1.81. The van der Waals surface area contributed by atoms with Gasteiger partial charge < -0.3 is 14.6 Å². The Balaban J connectivity index is 2.13. The number of rotatable bonds is 6. The fourth-order valence-electron chi connectivity index (χ4n) is 2.19. The summed E-state index contributed by atoms with van der Waals surface area (Å²) in [6, 6.07) is 8.38. The Morgan fingerprint density at radius 1 is 1.30 bits per heavy atom. The van der Waals surface area contributed by atoms with Crippen LogP contribution < -0.4 is 10.1 Å². The number of hydrogen-bond acceptors (Lipinski definition) is 4. The van der Waals surface area contributed by atoms with E-state index in [1.807, 2.05) is 19.1 Å². The van der Waals surface area contributed by atoms with E-state index in [2.05, 4.69) is 43.4 Å². The van der Waals surface area contributed by atoms with Gasteiger partial charge in [0.15, 0.2) is 5.76 Å². The molecule has 0 aliphatic heterocycles. The summed E-state index contributed by atoms with van der Waals surface area (Å²) in [4.78, 5) is 0. The summed E-state index contributed by atoms with van der Waals surface area (Å²) in [6.07, 6.45) is 0. The van der Waals surface area contributed by atoms with Crippen LogP contribution in [0.1, 0.15) is 42.5 Å². The molecule has 0 spiro atoms. The van der Waals surface area contributed by atoms with Gasteiger partial charge in [-0.2, -0.15) is 0 Å². The Bertz CT molecular complexity index is 563. The van der Waals surface area contributed by atoms with Crippen LogP contribution in [0.25, 0.3) is 0 Å². The summed E-state index contributed by atoms with van der Waals surface area (Å²) in [5, 5.41) is 7.28. The zero-order valence-corrected chi connectivity index (χ0v) is 12.6. The molecule has 0 bridgehead atoms. The highest BCUT2D eigenvalue weighted by atomic mass is 16.5. The van der Waals surface area contributed by atoms with E-state index in [0.29, 0.717) is 6.61 Å². The summed E-state index contributed by atoms with van der Waals surface area (Å²) in [5.74, 6) is 1.63. The van der Waals surface area contributed by atoms with Gasteiger partial charge in [-0.05, 0) is 33.4 Å². The average Bonchev–Trinajstić information content (AvgIpc) is 2.83. The predicted octanol–water partition coefficient (Wildman–Crippen LogP) is 3.54. The molecule has 1 aromatic carbocycles. The van der Waals surface area contributed by atoms with Gasteiger partial charge in [-0.1, -0.05) is 29.8 Å². The van der Waals surface area contributed by atoms with Crippen LogP contribution in [-0.2, 0) is 6.61 Å². The second kappa shape index (κ2) is 6.57. The SMILES string of the molecule is CCNC(C)c1cc(C)ccc1OCc1cc(C)no1. The van der Waals surface area contributed by atoms with E-state index in [1.54, 1.807) is 0 Å². The standard InChI is InChI=1S/C16H22N2O2/c1-5-17-13(4)15-8-11(2)6-7-16(15)19-10-14-9-12(3)18-20-14/h6-9,13,17H,5,10H2,1-4H3. The molecular weight excluding hydrogens is 252 g/mol. The van der Waals surface area contributed by atoms with E-state index in [9.17, 15) is 0 Å². The first-order valence-electron chi connectivity index (χ1n) is 6.99. The van der Waals surface area contributed by atoms with Crippen molar-refractivity contribution in [2.45, 2.75) is 40.3 Å². The number of benzene rings is 1. The van der Waals surface area contributed by atoms with Gasteiger partial charge in [0.25, 0.3) is 0 Å². The molecule has 0 aliphatic rings. The van der Waals surface area contributed by atoms with Crippen LogP contribution in [0, 0.1) is 13.8 Å². The van der Waals surface area contributed by atoms with E-state index in [1.165, 1.54) is 11.1 Å². The van der Waals surface area contributed by atoms with E-state index in [0.717, 1.165) is 23.7 Å². The highest BCUT2D eigenvalue weighted by molar-refractivity contribution is 5.39. The lowest BCUT2D eigenvalue weighted by molar-refractivity contribution is 0.245. The summed E-state index contributed by atoms with van der Waals surface area (Å²) in [7, 11) is 0. The van der Waals surface area contributed by atoms with Crippen LogP contribution in [0.15, 0.2) is 28.8 Å². The van der Waals surface area contributed by atoms with Crippen molar-refractivity contribution in [2.24, 2.45) is 0 Å². The molecule has 0 amide bonds. The normalized spacial score (nSPS) is 12.4. The number of nitrogens with one attached hydrogen (secondary N) is 1. The third kappa shape index (κ3) is 3.61. The fourth-order valence-corrected chi connectivity index (χ4v) is 2.19. The first-order chi connectivity index (χ1) is 9.60. The lowest BCUT2D eigenvalue weighted by Crippen LogP contribution is -2.18. The lowest BCUT2D eigenvalue weighted by Gasteiger charge is -2.18. The van der Waals surface area contributed by atoms with Crippen molar-refractivity contribution in [3.05, 3.63) is 46.8 Å². The monoisotopic (exact) mass is 274 g/mol. The maximum atomic E-state index is 5.89. The number of aryl methyl sites for hydroxylation is 2. The number of ether oxygens (including phenoxy) is 1. The Labute approximate surface area is 120 Å². The second-order valence-corrected chi connectivity index (χ2v) is 5.04. The van der Waals surface area contributed by atoms with Crippen LogP contribution in [0.4, 0.5) is 0 Å². The highest BCUT2D eigenvalue weighted by Crippen LogP contribution is 2.27. The zero-order valence-electron chi connectivity index (χ0n) is 12.6. The Morgan fingerprint density at radius 3 is 2.75 bits per heavy atom. The van der Waals surface area contributed by atoms with Crippen molar-refractivity contribution < 1.29 is 9.26 Å². The lowest BCUT2D eigenvalue weighted by atomic mass is 10.0. The number of nitrogens with zero attached hydrogens (tertiary/aromatic N) is 1. The molecule has 0 saturated heterocycles. The van der Waals surface area contributed by atoms with Crippen LogP contribution >= 0.6 is 0 Å². The summed E-state index contributed by atoms with van der Waals surface area (Å²) in [6.45, 7) is 9.56. The minimum absolute atomic E-state index is 0.256. The molecule has 2 rings (SSSR count). The van der Waals surface area contributed by atoms with E-state index >= 15 is 0 Å². The van der Waals surface area contributed by atoms with Crippen molar-refractivity contribution >= 4 is 0 Å². The van der Waals surface area contributed by atoms with Crippen molar-refractivity contribution in [3.63, 3.8) is 0 Å². The van der Waals surface area contributed by atoms with Crippen molar-refractivity contribution in [2.75, 3.05) is 6.54 Å². The summed E-state index contributed by atoms with van der Waals surface area (Å²) in [5.41, 5.74) is 3.27. The first-order valence-corrected chi connectivity index (χ1v) is 6.99. The van der Waals surface area contributed by atoms with Gasteiger partial charge in [-0.25, -0.2) is 0 Å². The molecule has 4 heteroatoms. The number of aromatic nitrogens is 1. The molecular formula is C16H22N2O2. The van der Waals surface area contributed by atoms with Crippen LogP contribution in [0.2, 0.25) is 0 Å². The Morgan fingerprint density at radius 2 is 2.10 bits per heavy atom. The van der Waals surface area contributed by atoms with Crippen molar-refractivity contribution in [1.29, 1.82) is 0 Å². The maximum absolute atomic E-state index is 5.89. The summed E-state index contributed by atoms with van der Waals surface area (Å²) < 4.78 is 11.1. The summed E-state index contributed by atoms with van der Waals surface area (Å²) >= 11 is 0. The Kier molecular flexibility index (Phi) is 4.79. The molecule has 0 aliphatic carbocycles. The van der Waals surface area contributed by atoms with Crippen LogP contribution in [-0.4, -0.2) is 11.7 Å². The molecule has 20 heavy (non-hydrogen) atoms. The minimum atomic E-state index is 0.256. The topological polar surface area (TPSA) is 47.3 Å². The molecule has 1 aromatic heterocycles. The first kappa shape index (κ1) is 14.6. The van der Waals surface area contributed by atoms with Gasteiger partial charge >= 0.3 is 0 Å². The van der Waals surface area contributed by atoms with Gasteiger partial charge in [-0.15, -0.1) is 0 Å².